The third kappa shape index (κ3) is 17.2. The molecule has 0 spiro atoms. The summed E-state index contributed by atoms with van der Waals surface area (Å²) in [7, 11) is 0. The minimum Gasteiger partial charge on any atom is -0.444 e. The van der Waals surface area contributed by atoms with Gasteiger partial charge in [-0.2, -0.15) is 0 Å². The van der Waals surface area contributed by atoms with Gasteiger partial charge in [0.15, 0.2) is 0 Å². The Morgan fingerprint density at radius 1 is 0.735 bits per heavy atom. The molecular weight excluding hydrogens is 436 g/mol. The second-order valence-electron chi connectivity index (χ2n) is 10.2. The molecule has 2 amide bonds. The number of carbonyl (C=O) groups excluding carboxylic acids is 2. The van der Waals surface area contributed by atoms with E-state index in [1.807, 2.05) is 59.7 Å². The predicted octanol–water partition coefficient (Wildman–Crippen LogP) is 4.71. The molecule has 8 nitrogen and oxygen atoms in total. The van der Waals surface area contributed by atoms with E-state index in [4.69, 9.17) is 18.9 Å². The lowest BCUT2D eigenvalue weighted by Gasteiger charge is -2.20. The molecule has 0 aromatic heterocycles. The third-order valence-corrected chi connectivity index (χ3v) is 4.54. The van der Waals surface area contributed by atoms with Gasteiger partial charge in [-0.1, -0.05) is 30.3 Å². The van der Waals surface area contributed by atoms with Crippen LogP contribution in [0.1, 0.15) is 59.9 Å². The fourth-order valence-electron chi connectivity index (χ4n) is 3.08. The summed E-state index contributed by atoms with van der Waals surface area (Å²) in [5, 5.41) is 5.39. The second-order valence-corrected chi connectivity index (χ2v) is 10.2. The van der Waals surface area contributed by atoms with E-state index in [1.165, 1.54) is 5.56 Å². The van der Waals surface area contributed by atoms with Gasteiger partial charge in [0, 0.05) is 26.3 Å². The molecule has 8 heteroatoms. The largest absolute Gasteiger partial charge is 0.444 e. The Kier molecular flexibility index (Phi) is 13.6. The topological polar surface area (TPSA) is 95.1 Å². The Balaban J connectivity index is 2.28. The van der Waals surface area contributed by atoms with Gasteiger partial charge >= 0.3 is 12.2 Å². The average Bonchev–Trinajstić information content (AvgIpc) is 2.71. The molecule has 0 unspecified atom stereocenters. The zero-order chi connectivity index (χ0) is 25.5. The molecule has 0 saturated heterocycles. The summed E-state index contributed by atoms with van der Waals surface area (Å²) >= 11 is 0. The highest BCUT2D eigenvalue weighted by Gasteiger charge is 2.16. The maximum absolute atomic E-state index is 11.7. The number of hydrogen-bond acceptors (Lipinski definition) is 6. The number of amides is 2. The highest BCUT2D eigenvalue weighted by atomic mass is 16.6. The minimum atomic E-state index is -0.510. The molecule has 0 fully saturated rings. The van der Waals surface area contributed by atoms with Crippen LogP contribution in [0.3, 0.4) is 0 Å². The second kappa shape index (κ2) is 15.6. The van der Waals surface area contributed by atoms with E-state index in [-0.39, 0.29) is 0 Å². The van der Waals surface area contributed by atoms with Crippen molar-refractivity contribution in [1.82, 2.24) is 10.6 Å². The first-order valence-electron chi connectivity index (χ1n) is 12.1. The molecule has 0 aliphatic heterocycles. The maximum atomic E-state index is 11.7. The lowest BCUT2D eigenvalue weighted by atomic mass is 9.94. The number of ether oxygens (including phenoxy) is 4. The lowest BCUT2D eigenvalue weighted by Crippen LogP contribution is -2.34. The summed E-state index contributed by atoms with van der Waals surface area (Å²) in [5.74, 6) is 0.403. The van der Waals surface area contributed by atoms with Crippen molar-refractivity contribution in [1.29, 1.82) is 0 Å². The SMILES string of the molecule is CC(C)(C)OC(=O)NCCOCCC(CCOCCNC(=O)OC(C)(C)C)Cc1ccccc1. The molecule has 0 atom stereocenters. The summed E-state index contributed by atoms with van der Waals surface area (Å²) < 4.78 is 21.9. The van der Waals surface area contributed by atoms with E-state index in [2.05, 4.69) is 22.8 Å². The summed E-state index contributed by atoms with van der Waals surface area (Å²) in [6.07, 6.45) is 1.86. The van der Waals surface area contributed by atoms with Crippen LogP contribution < -0.4 is 10.6 Å². The fourth-order valence-corrected chi connectivity index (χ4v) is 3.08. The molecule has 34 heavy (non-hydrogen) atoms. The summed E-state index contributed by atoms with van der Waals surface area (Å²) in [4.78, 5) is 23.3. The van der Waals surface area contributed by atoms with Gasteiger partial charge in [0.1, 0.15) is 11.2 Å². The Morgan fingerprint density at radius 2 is 1.18 bits per heavy atom. The quantitative estimate of drug-likeness (QED) is 0.375. The van der Waals surface area contributed by atoms with Crippen molar-refractivity contribution in [2.24, 2.45) is 5.92 Å². The smallest absolute Gasteiger partial charge is 0.407 e. The van der Waals surface area contributed by atoms with Gasteiger partial charge in [0.25, 0.3) is 0 Å². The summed E-state index contributed by atoms with van der Waals surface area (Å²) in [6, 6.07) is 10.4. The number of rotatable bonds is 14. The fraction of sp³-hybridized carbons (Fsp3) is 0.692. The first-order valence-corrected chi connectivity index (χ1v) is 12.1. The molecule has 0 heterocycles. The number of hydrogen-bond donors (Lipinski definition) is 2. The standard InChI is InChI=1S/C26H44N2O6/c1-25(2,3)33-23(29)27-14-18-31-16-12-22(20-21-10-8-7-9-11-21)13-17-32-19-15-28-24(30)34-26(4,5)6/h7-11,22H,12-20H2,1-6H3,(H,27,29)(H,28,30). The average molecular weight is 481 g/mol. The van der Waals surface area contributed by atoms with Crippen LogP contribution in [0.25, 0.3) is 0 Å². The minimum absolute atomic E-state index is 0.403. The van der Waals surface area contributed by atoms with Gasteiger partial charge in [-0.05, 0) is 72.3 Å². The van der Waals surface area contributed by atoms with E-state index in [0.29, 0.717) is 45.4 Å². The molecule has 0 radical (unpaired) electrons. The summed E-state index contributed by atoms with van der Waals surface area (Å²) in [5.41, 5.74) is 0.262. The normalized spacial score (nSPS) is 11.9. The van der Waals surface area contributed by atoms with Crippen molar-refractivity contribution < 1.29 is 28.5 Å². The van der Waals surface area contributed by atoms with E-state index >= 15 is 0 Å². The maximum Gasteiger partial charge on any atom is 0.407 e. The van der Waals surface area contributed by atoms with E-state index < -0.39 is 23.4 Å². The van der Waals surface area contributed by atoms with Crippen LogP contribution >= 0.6 is 0 Å². The monoisotopic (exact) mass is 480 g/mol. The van der Waals surface area contributed by atoms with Gasteiger partial charge in [0.2, 0.25) is 0 Å². The Bertz CT molecular complexity index is 657. The van der Waals surface area contributed by atoms with Crippen molar-refractivity contribution in [3.8, 4) is 0 Å². The number of nitrogens with one attached hydrogen (secondary N) is 2. The van der Waals surface area contributed by atoms with Crippen LogP contribution in [0.5, 0.6) is 0 Å². The molecule has 194 valence electrons. The number of carbonyl (C=O) groups is 2. The predicted molar refractivity (Wildman–Crippen MR) is 133 cm³/mol. The van der Waals surface area contributed by atoms with Gasteiger partial charge in [-0.15, -0.1) is 0 Å². The first-order chi connectivity index (χ1) is 15.9. The Morgan fingerprint density at radius 3 is 1.59 bits per heavy atom. The van der Waals surface area contributed by atoms with Crippen molar-refractivity contribution in [3.63, 3.8) is 0 Å². The zero-order valence-electron chi connectivity index (χ0n) is 21.8. The van der Waals surface area contributed by atoms with E-state index in [1.54, 1.807) is 0 Å². The van der Waals surface area contributed by atoms with Crippen molar-refractivity contribution in [2.45, 2.75) is 72.0 Å². The molecule has 1 rings (SSSR count). The molecule has 0 saturated carbocycles. The third-order valence-electron chi connectivity index (χ3n) is 4.54. The van der Waals surface area contributed by atoms with Crippen molar-refractivity contribution in [3.05, 3.63) is 35.9 Å². The summed E-state index contributed by atoms with van der Waals surface area (Å²) in [6.45, 7) is 13.9. The van der Waals surface area contributed by atoms with Crippen LogP contribution in [0.4, 0.5) is 9.59 Å². The lowest BCUT2D eigenvalue weighted by molar-refractivity contribution is 0.0491. The zero-order valence-corrected chi connectivity index (χ0v) is 21.8. The van der Waals surface area contributed by atoms with Crippen LogP contribution in [0.2, 0.25) is 0 Å². The van der Waals surface area contributed by atoms with Gasteiger partial charge in [-0.3, -0.25) is 0 Å². The van der Waals surface area contributed by atoms with E-state index in [9.17, 15) is 9.59 Å². The Labute approximate surface area is 205 Å². The van der Waals surface area contributed by atoms with Crippen molar-refractivity contribution >= 4 is 12.2 Å². The van der Waals surface area contributed by atoms with Crippen LogP contribution in [0, 0.1) is 5.92 Å². The molecular formula is C26H44N2O6. The molecule has 0 aliphatic rings. The van der Waals surface area contributed by atoms with Gasteiger partial charge < -0.3 is 29.6 Å². The number of benzene rings is 1. The van der Waals surface area contributed by atoms with E-state index in [0.717, 1.165) is 19.3 Å². The molecule has 1 aromatic rings. The highest BCUT2D eigenvalue weighted by Crippen LogP contribution is 2.16. The highest BCUT2D eigenvalue weighted by molar-refractivity contribution is 5.67. The van der Waals surface area contributed by atoms with Gasteiger partial charge in [-0.25, -0.2) is 9.59 Å². The number of alkyl carbamates (subject to hydrolysis) is 2. The van der Waals surface area contributed by atoms with Gasteiger partial charge in [0.05, 0.1) is 13.2 Å². The molecule has 1 aromatic carbocycles. The van der Waals surface area contributed by atoms with Crippen LogP contribution in [0.15, 0.2) is 30.3 Å². The molecule has 2 N–H and O–H groups in total. The molecule has 0 bridgehead atoms. The van der Waals surface area contributed by atoms with Crippen molar-refractivity contribution in [2.75, 3.05) is 39.5 Å². The molecule has 0 aliphatic carbocycles. The van der Waals surface area contributed by atoms with Crippen LogP contribution in [-0.2, 0) is 25.4 Å². The first kappa shape index (κ1) is 29.7. The van der Waals surface area contributed by atoms with Crippen LogP contribution in [-0.4, -0.2) is 62.9 Å². The Hall–Kier alpha value is -2.32.